The van der Waals surface area contributed by atoms with Gasteiger partial charge in [0, 0.05) is 35.1 Å². The number of aliphatic imine (C=N–C) groups is 1. The molecule has 1 aliphatic heterocycles. The molecular formula is C22H22BrN3O3. The van der Waals surface area contributed by atoms with Crippen LogP contribution in [0.1, 0.15) is 37.7 Å². The summed E-state index contributed by atoms with van der Waals surface area (Å²) in [6, 6.07) is 13.7. The highest BCUT2D eigenvalue weighted by atomic mass is 79.9. The van der Waals surface area contributed by atoms with Crippen molar-refractivity contribution in [1.29, 1.82) is 0 Å². The van der Waals surface area contributed by atoms with E-state index in [0.29, 0.717) is 12.1 Å². The molecule has 0 bridgehead atoms. The van der Waals surface area contributed by atoms with Gasteiger partial charge in [0.2, 0.25) is 0 Å². The van der Waals surface area contributed by atoms with Crippen LogP contribution in [0.5, 0.6) is 0 Å². The number of nitrogens with zero attached hydrogens (tertiary/aromatic N) is 1. The number of ketones is 2. The number of hydrogen-bond acceptors (Lipinski definition) is 4. The van der Waals surface area contributed by atoms with Crippen molar-refractivity contribution in [3.63, 3.8) is 0 Å². The first-order valence-corrected chi connectivity index (χ1v) is 10.2. The zero-order valence-corrected chi connectivity index (χ0v) is 17.6. The molecule has 3 rings (SSSR count). The van der Waals surface area contributed by atoms with Crippen molar-refractivity contribution >= 4 is 51.1 Å². The average Bonchev–Trinajstić information content (AvgIpc) is 3.10. The van der Waals surface area contributed by atoms with Crippen LogP contribution in [-0.4, -0.2) is 29.9 Å². The zero-order valence-electron chi connectivity index (χ0n) is 16.0. The van der Waals surface area contributed by atoms with Crippen LogP contribution in [0.25, 0.3) is 0 Å². The second kappa shape index (κ2) is 9.60. The summed E-state index contributed by atoms with van der Waals surface area (Å²) in [6.07, 6.45) is 2.47. The summed E-state index contributed by atoms with van der Waals surface area (Å²) >= 11 is 3.35. The number of urea groups is 1. The molecule has 2 amide bonds. The Morgan fingerprint density at radius 3 is 2.52 bits per heavy atom. The van der Waals surface area contributed by atoms with Crippen LogP contribution in [-0.2, 0) is 9.59 Å². The fourth-order valence-electron chi connectivity index (χ4n) is 3.21. The van der Waals surface area contributed by atoms with Crippen molar-refractivity contribution in [2.45, 2.75) is 38.1 Å². The normalized spacial score (nSPS) is 15.4. The van der Waals surface area contributed by atoms with Gasteiger partial charge in [0.25, 0.3) is 0 Å². The standard InChI is InChI=1S/C22H22BrN3O3/c1-14(27)6-11-21(28)20(12-15-13-24-19-5-3-2-4-18(15)19)26-22(29)25-17-9-7-16(23)8-10-17/h2-5,7-10,13,15,20H,6,11-12H2,1H3,(H2,25,26,29)/t15?,20-/m0/s1. The van der Waals surface area contributed by atoms with E-state index in [0.717, 1.165) is 15.7 Å². The Bertz CT molecular complexity index is 941. The molecule has 0 fully saturated rings. The third-order valence-corrected chi connectivity index (χ3v) is 5.27. The summed E-state index contributed by atoms with van der Waals surface area (Å²) in [6.45, 7) is 1.45. The van der Waals surface area contributed by atoms with Gasteiger partial charge in [0.1, 0.15) is 5.78 Å². The molecule has 0 saturated carbocycles. The van der Waals surface area contributed by atoms with Gasteiger partial charge < -0.3 is 15.4 Å². The number of para-hydroxylation sites is 1. The van der Waals surface area contributed by atoms with Gasteiger partial charge in [-0.3, -0.25) is 9.79 Å². The van der Waals surface area contributed by atoms with Crippen LogP contribution in [0, 0.1) is 0 Å². The number of halogens is 1. The number of fused-ring (bicyclic) bond motifs is 1. The molecule has 29 heavy (non-hydrogen) atoms. The summed E-state index contributed by atoms with van der Waals surface area (Å²) in [5.41, 5.74) is 2.53. The quantitative estimate of drug-likeness (QED) is 0.600. The summed E-state index contributed by atoms with van der Waals surface area (Å²) < 4.78 is 0.903. The fraction of sp³-hybridized carbons (Fsp3) is 0.273. The average molecular weight is 456 g/mol. The van der Waals surface area contributed by atoms with Crippen molar-refractivity contribution in [3.05, 3.63) is 58.6 Å². The summed E-state index contributed by atoms with van der Waals surface area (Å²) in [5.74, 6) is -0.279. The van der Waals surface area contributed by atoms with Crippen LogP contribution in [0.3, 0.4) is 0 Å². The first-order chi connectivity index (χ1) is 13.9. The number of amides is 2. The van der Waals surface area contributed by atoms with Gasteiger partial charge in [0.15, 0.2) is 5.78 Å². The fourth-order valence-corrected chi connectivity index (χ4v) is 3.48. The molecule has 2 atom stereocenters. The molecule has 1 unspecified atom stereocenters. The Kier molecular flexibility index (Phi) is 6.93. The largest absolute Gasteiger partial charge is 0.328 e. The Balaban J connectivity index is 1.70. The summed E-state index contributed by atoms with van der Waals surface area (Å²) in [4.78, 5) is 40.9. The van der Waals surface area contributed by atoms with Gasteiger partial charge in [-0.2, -0.15) is 0 Å². The minimum absolute atomic E-state index is 0.0517. The minimum Gasteiger partial charge on any atom is -0.328 e. The minimum atomic E-state index is -0.715. The summed E-state index contributed by atoms with van der Waals surface area (Å²) in [7, 11) is 0. The predicted octanol–water partition coefficient (Wildman–Crippen LogP) is 4.77. The maximum Gasteiger partial charge on any atom is 0.319 e. The molecule has 150 valence electrons. The van der Waals surface area contributed by atoms with E-state index in [1.54, 1.807) is 12.1 Å². The van der Waals surface area contributed by atoms with E-state index >= 15 is 0 Å². The maximum absolute atomic E-state index is 12.7. The Morgan fingerprint density at radius 2 is 1.79 bits per heavy atom. The third kappa shape index (κ3) is 5.84. The lowest BCUT2D eigenvalue weighted by molar-refractivity contribution is -0.124. The molecule has 1 heterocycles. The molecule has 0 radical (unpaired) electrons. The number of rotatable bonds is 8. The number of hydrogen-bond donors (Lipinski definition) is 2. The highest BCUT2D eigenvalue weighted by Gasteiger charge is 2.28. The number of carbonyl (C=O) groups excluding carboxylic acids is 3. The Hall–Kier alpha value is -2.80. The highest BCUT2D eigenvalue weighted by Crippen LogP contribution is 2.34. The predicted molar refractivity (Wildman–Crippen MR) is 117 cm³/mol. The van der Waals surface area contributed by atoms with Crippen LogP contribution in [0.2, 0.25) is 0 Å². The Labute approximate surface area is 177 Å². The van der Waals surface area contributed by atoms with Gasteiger partial charge in [-0.25, -0.2) is 4.79 Å². The van der Waals surface area contributed by atoms with Crippen LogP contribution < -0.4 is 10.6 Å². The van der Waals surface area contributed by atoms with Gasteiger partial charge in [0.05, 0.1) is 11.7 Å². The molecule has 7 heteroatoms. The van der Waals surface area contributed by atoms with Gasteiger partial charge >= 0.3 is 6.03 Å². The first kappa shape index (κ1) is 20.9. The monoisotopic (exact) mass is 455 g/mol. The van der Waals surface area contributed by atoms with Crippen molar-refractivity contribution in [2.24, 2.45) is 4.99 Å². The molecule has 0 aromatic heterocycles. The molecule has 0 saturated heterocycles. The van der Waals surface area contributed by atoms with E-state index < -0.39 is 12.1 Å². The number of benzene rings is 2. The number of nitrogens with one attached hydrogen (secondary N) is 2. The van der Waals surface area contributed by atoms with E-state index in [1.165, 1.54) is 6.92 Å². The van der Waals surface area contributed by atoms with Crippen LogP contribution in [0.4, 0.5) is 16.2 Å². The lowest BCUT2D eigenvalue weighted by Gasteiger charge is -2.21. The molecule has 6 nitrogen and oxygen atoms in total. The van der Waals surface area contributed by atoms with Gasteiger partial charge in [-0.05, 0) is 49.2 Å². The molecule has 0 spiro atoms. The number of Topliss-reactive ketones (excluding diaryl/α,β-unsaturated/α-hetero) is 2. The van der Waals surface area contributed by atoms with E-state index in [-0.39, 0.29) is 30.3 Å². The van der Waals surface area contributed by atoms with Gasteiger partial charge in [-0.15, -0.1) is 0 Å². The van der Waals surface area contributed by atoms with Crippen LogP contribution in [0.15, 0.2) is 58.0 Å². The Morgan fingerprint density at radius 1 is 1.07 bits per heavy atom. The van der Waals surface area contributed by atoms with E-state index in [9.17, 15) is 14.4 Å². The highest BCUT2D eigenvalue weighted by molar-refractivity contribution is 9.10. The lowest BCUT2D eigenvalue weighted by Crippen LogP contribution is -2.44. The van der Waals surface area contributed by atoms with Crippen molar-refractivity contribution in [1.82, 2.24) is 5.32 Å². The third-order valence-electron chi connectivity index (χ3n) is 4.74. The van der Waals surface area contributed by atoms with E-state index in [4.69, 9.17) is 0 Å². The first-order valence-electron chi connectivity index (χ1n) is 9.40. The van der Waals surface area contributed by atoms with Crippen LogP contribution >= 0.6 is 15.9 Å². The second-order valence-electron chi connectivity index (χ2n) is 7.01. The number of anilines is 1. The SMILES string of the molecule is CC(=O)CCC(=O)[C@H](CC1C=Nc2ccccc21)NC(=O)Nc1ccc(Br)cc1. The second-order valence-corrected chi connectivity index (χ2v) is 7.92. The maximum atomic E-state index is 12.7. The molecule has 2 aromatic carbocycles. The summed E-state index contributed by atoms with van der Waals surface area (Å²) in [5, 5.41) is 5.52. The molecule has 2 aromatic rings. The topological polar surface area (TPSA) is 87.6 Å². The van der Waals surface area contributed by atoms with E-state index in [2.05, 4.69) is 31.6 Å². The molecular weight excluding hydrogens is 434 g/mol. The molecule has 2 N–H and O–H groups in total. The molecule has 1 aliphatic rings. The molecule has 0 aliphatic carbocycles. The van der Waals surface area contributed by atoms with Crippen molar-refractivity contribution in [2.75, 3.05) is 5.32 Å². The van der Waals surface area contributed by atoms with Crippen molar-refractivity contribution in [3.8, 4) is 0 Å². The van der Waals surface area contributed by atoms with Gasteiger partial charge in [-0.1, -0.05) is 34.1 Å². The smallest absolute Gasteiger partial charge is 0.319 e. The number of carbonyl (C=O) groups is 3. The van der Waals surface area contributed by atoms with E-state index in [1.807, 2.05) is 42.6 Å². The lowest BCUT2D eigenvalue weighted by atomic mass is 9.91. The zero-order chi connectivity index (χ0) is 20.8. The van der Waals surface area contributed by atoms with Crippen molar-refractivity contribution < 1.29 is 14.4 Å².